The smallest absolute Gasteiger partial charge is 0.338 e. The van der Waals surface area contributed by atoms with Crippen molar-refractivity contribution >= 4 is 27.8 Å². The van der Waals surface area contributed by atoms with Crippen molar-refractivity contribution in [1.82, 2.24) is 9.21 Å². The second-order valence-corrected chi connectivity index (χ2v) is 9.20. The molecular weight excluding hydrogens is 432 g/mol. The van der Waals surface area contributed by atoms with E-state index in [2.05, 4.69) is 0 Å². The third-order valence-electron chi connectivity index (χ3n) is 5.32. The van der Waals surface area contributed by atoms with E-state index in [-0.39, 0.29) is 35.4 Å². The van der Waals surface area contributed by atoms with Gasteiger partial charge >= 0.3 is 5.97 Å². The van der Waals surface area contributed by atoms with Crippen LogP contribution in [0.2, 0.25) is 0 Å². The average molecular weight is 459 g/mol. The summed E-state index contributed by atoms with van der Waals surface area (Å²) in [5, 5.41) is 0. The van der Waals surface area contributed by atoms with Crippen LogP contribution in [0.4, 0.5) is 0 Å². The molecule has 0 bridgehead atoms. The highest BCUT2D eigenvalue weighted by Crippen LogP contribution is 2.22. The lowest BCUT2D eigenvalue weighted by Crippen LogP contribution is -2.30. The number of unbranched alkanes of at least 4 members (excludes halogenated alkanes) is 1. The maximum atomic E-state index is 12.5. The molecule has 1 heterocycles. The first kappa shape index (κ1) is 23.6. The SMILES string of the molecule is CCN(CC)S(=O)(=O)c1ccc(C(=O)OCCCCN2C(=O)c3ccccc3C2=O)cc1. The largest absolute Gasteiger partial charge is 0.462 e. The lowest BCUT2D eigenvalue weighted by molar-refractivity contribution is 0.0485. The van der Waals surface area contributed by atoms with Gasteiger partial charge in [-0.2, -0.15) is 4.31 Å². The zero-order valence-corrected chi connectivity index (χ0v) is 18.9. The highest BCUT2D eigenvalue weighted by Gasteiger charge is 2.34. The fraction of sp³-hybridized carbons (Fsp3) is 0.348. The van der Waals surface area contributed by atoms with E-state index >= 15 is 0 Å². The van der Waals surface area contributed by atoms with Crippen LogP contribution in [-0.2, 0) is 14.8 Å². The quantitative estimate of drug-likeness (QED) is 0.308. The number of benzene rings is 2. The van der Waals surface area contributed by atoms with Gasteiger partial charge in [0.05, 0.1) is 28.2 Å². The molecule has 0 atom stereocenters. The molecule has 2 aromatic rings. The van der Waals surface area contributed by atoms with Gasteiger partial charge in [-0.25, -0.2) is 13.2 Å². The standard InChI is InChI=1S/C23H26N2O6S/c1-3-24(4-2)32(29,30)18-13-11-17(12-14-18)23(28)31-16-8-7-15-25-21(26)19-9-5-6-10-20(19)22(25)27/h5-6,9-14H,3-4,7-8,15-16H2,1-2H3. The molecule has 0 aliphatic carbocycles. The molecule has 1 aliphatic heterocycles. The second-order valence-electron chi connectivity index (χ2n) is 7.26. The van der Waals surface area contributed by atoms with E-state index in [0.717, 1.165) is 0 Å². The number of sulfonamides is 1. The molecule has 1 aliphatic rings. The Labute approximate surface area is 187 Å². The number of rotatable bonds is 10. The zero-order valence-electron chi connectivity index (χ0n) is 18.1. The Bertz CT molecular complexity index is 1070. The minimum Gasteiger partial charge on any atom is -0.462 e. The number of hydrogen-bond donors (Lipinski definition) is 0. The molecule has 32 heavy (non-hydrogen) atoms. The molecule has 8 nitrogen and oxygen atoms in total. The summed E-state index contributed by atoms with van der Waals surface area (Å²) >= 11 is 0. The molecule has 2 aromatic carbocycles. The van der Waals surface area contributed by atoms with Crippen LogP contribution in [0.3, 0.4) is 0 Å². The monoisotopic (exact) mass is 458 g/mol. The molecule has 0 unspecified atom stereocenters. The minimum atomic E-state index is -3.58. The second kappa shape index (κ2) is 10.1. The van der Waals surface area contributed by atoms with Crippen LogP contribution < -0.4 is 0 Å². The van der Waals surface area contributed by atoms with Gasteiger partial charge in [0.1, 0.15) is 0 Å². The van der Waals surface area contributed by atoms with Crippen LogP contribution in [0.5, 0.6) is 0 Å². The predicted molar refractivity (Wildman–Crippen MR) is 118 cm³/mol. The molecule has 0 N–H and O–H groups in total. The van der Waals surface area contributed by atoms with Gasteiger partial charge in [-0.15, -0.1) is 0 Å². The maximum Gasteiger partial charge on any atom is 0.338 e. The highest BCUT2D eigenvalue weighted by atomic mass is 32.2. The van der Waals surface area contributed by atoms with Crippen LogP contribution >= 0.6 is 0 Å². The van der Waals surface area contributed by atoms with Crippen molar-refractivity contribution < 1.29 is 27.5 Å². The Kier molecular flexibility index (Phi) is 7.42. The third-order valence-corrected chi connectivity index (χ3v) is 7.38. The number of amides is 2. The molecule has 0 radical (unpaired) electrons. The number of nitrogens with zero attached hydrogens (tertiary/aromatic N) is 2. The Morgan fingerprint density at radius 1 is 0.906 bits per heavy atom. The van der Waals surface area contributed by atoms with Crippen molar-refractivity contribution in [2.24, 2.45) is 0 Å². The fourth-order valence-corrected chi connectivity index (χ4v) is 5.00. The first-order valence-corrected chi connectivity index (χ1v) is 12.0. The Morgan fingerprint density at radius 2 is 1.47 bits per heavy atom. The summed E-state index contributed by atoms with van der Waals surface area (Å²) in [6.07, 6.45) is 0.980. The van der Waals surface area contributed by atoms with Crippen LogP contribution in [0.25, 0.3) is 0 Å². The molecule has 2 amide bonds. The van der Waals surface area contributed by atoms with Crippen molar-refractivity contribution in [2.75, 3.05) is 26.2 Å². The number of carbonyl (C=O) groups is 3. The van der Waals surface area contributed by atoms with Gasteiger partial charge in [0.25, 0.3) is 11.8 Å². The summed E-state index contributed by atoms with van der Waals surface area (Å²) < 4.78 is 31.6. The number of esters is 1. The maximum absolute atomic E-state index is 12.5. The summed E-state index contributed by atoms with van der Waals surface area (Å²) in [5.74, 6) is -1.16. The highest BCUT2D eigenvalue weighted by molar-refractivity contribution is 7.89. The molecular formula is C23H26N2O6S. The van der Waals surface area contributed by atoms with E-state index < -0.39 is 16.0 Å². The van der Waals surface area contributed by atoms with Crippen molar-refractivity contribution in [3.8, 4) is 0 Å². The first-order chi connectivity index (χ1) is 15.3. The summed E-state index contributed by atoms with van der Waals surface area (Å²) in [6.45, 7) is 4.64. The number of ether oxygens (including phenoxy) is 1. The van der Waals surface area contributed by atoms with E-state index in [1.807, 2.05) is 0 Å². The molecule has 0 saturated heterocycles. The lowest BCUT2D eigenvalue weighted by atomic mass is 10.1. The molecule has 9 heteroatoms. The molecule has 0 fully saturated rings. The van der Waals surface area contributed by atoms with Crippen molar-refractivity contribution in [3.05, 3.63) is 65.2 Å². The zero-order chi connectivity index (χ0) is 23.3. The van der Waals surface area contributed by atoms with Gasteiger partial charge in [-0.3, -0.25) is 14.5 Å². The van der Waals surface area contributed by atoms with E-state index in [1.165, 1.54) is 33.5 Å². The predicted octanol–water partition coefficient (Wildman–Crippen LogP) is 2.95. The molecule has 0 saturated carbocycles. The molecule has 3 rings (SSSR count). The Hall–Kier alpha value is -3.04. The van der Waals surface area contributed by atoms with Crippen LogP contribution in [-0.4, -0.2) is 61.6 Å². The van der Waals surface area contributed by atoms with Gasteiger partial charge in [0.15, 0.2) is 0 Å². The first-order valence-electron chi connectivity index (χ1n) is 10.5. The number of imide groups is 1. The molecule has 170 valence electrons. The number of carbonyl (C=O) groups excluding carboxylic acids is 3. The fourth-order valence-electron chi connectivity index (χ4n) is 3.54. The lowest BCUT2D eigenvalue weighted by Gasteiger charge is -2.18. The normalized spacial score (nSPS) is 13.5. The topological polar surface area (TPSA) is 101 Å². The van der Waals surface area contributed by atoms with Crippen LogP contribution in [0, 0.1) is 0 Å². The minimum absolute atomic E-state index is 0.124. The van der Waals surface area contributed by atoms with Crippen molar-refractivity contribution in [3.63, 3.8) is 0 Å². The van der Waals surface area contributed by atoms with E-state index in [9.17, 15) is 22.8 Å². The van der Waals surface area contributed by atoms with Crippen molar-refractivity contribution in [1.29, 1.82) is 0 Å². The Balaban J connectivity index is 1.47. The van der Waals surface area contributed by atoms with Gasteiger partial charge in [-0.05, 0) is 49.2 Å². The summed E-state index contributed by atoms with van der Waals surface area (Å²) in [5.41, 5.74) is 1.08. The van der Waals surface area contributed by atoms with E-state index in [4.69, 9.17) is 4.74 Å². The number of hydrogen-bond acceptors (Lipinski definition) is 6. The number of fused-ring (bicyclic) bond motifs is 1. The van der Waals surface area contributed by atoms with Gasteiger partial charge in [0, 0.05) is 19.6 Å². The summed E-state index contributed by atoms with van der Waals surface area (Å²) in [6, 6.07) is 12.4. The molecule has 0 aromatic heterocycles. The summed E-state index contributed by atoms with van der Waals surface area (Å²) in [4.78, 5) is 38.2. The average Bonchev–Trinajstić information content (AvgIpc) is 3.04. The van der Waals surface area contributed by atoms with Gasteiger partial charge in [0.2, 0.25) is 10.0 Å². The van der Waals surface area contributed by atoms with E-state index in [1.54, 1.807) is 38.1 Å². The van der Waals surface area contributed by atoms with Crippen molar-refractivity contribution in [2.45, 2.75) is 31.6 Å². The summed E-state index contributed by atoms with van der Waals surface area (Å²) in [7, 11) is -3.58. The van der Waals surface area contributed by atoms with E-state index in [0.29, 0.717) is 37.1 Å². The molecule has 0 spiro atoms. The van der Waals surface area contributed by atoms with Gasteiger partial charge < -0.3 is 4.74 Å². The van der Waals surface area contributed by atoms with Crippen LogP contribution in [0.15, 0.2) is 53.4 Å². The van der Waals surface area contributed by atoms with Crippen LogP contribution in [0.1, 0.15) is 57.8 Å². The third kappa shape index (κ3) is 4.73. The Morgan fingerprint density at radius 3 is 2.00 bits per heavy atom. The van der Waals surface area contributed by atoms with Gasteiger partial charge in [-0.1, -0.05) is 26.0 Å².